The molecule has 0 fully saturated rings. The Bertz CT molecular complexity index is 395. The summed E-state index contributed by atoms with van der Waals surface area (Å²) in [6, 6.07) is 6.79. The Labute approximate surface area is 107 Å². The van der Waals surface area contributed by atoms with Crippen LogP contribution in [0.1, 0.15) is 33.1 Å². The highest BCUT2D eigenvalue weighted by molar-refractivity contribution is 5.94. The van der Waals surface area contributed by atoms with Crippen LogP contribution in [0, 0.1) is 0 Å². The summed E-state index contributed by atoms with van der Waals surface area (Å²) in [5, 5.41) is 0. The highest BCUT2D eigenvalue weighted by atomic mass is 16.5. The van der Waals surface area contributed by atoms with Crippen LogP contribution in [0.15, 0.2) is 24.3 Å². The third-order valence-electron chi connectivity index (χ3n) is 2.22. The third kappa shape index (κ3) is 5.48. The predicted molar refractivity (Wildman–Crippen MR) is 67.8 cm³/mol. The summed E-state index contributed by atoms with van der Waals surface area (Å²) in [5.74, 6) is 0.417. The van der Waals surface area contributed by atoms with Gasteiger partial charge in [-0.25, -0.2) is 0 Å². The number of Topliss-reactive ketones (excluding diaryl/α,β-unsaturated/α-hetero) is 1. The summed E-state index contributed by atoms with van der Waals surface area (Å²) < 4.78 is 10.5. The monoisotopic (exact) mass is 250 g/mol. The summed E-state index contributed by atoms with van der Waals surface area (Å²) in [6.45, 7) is 4.13. The number of unbranched alkanes of at least 4 members (excludes halogenated alkanes) is 1. The highest BCUT2D eigenvalue weighted by Gasteiger charge is 2.07. The van der Waals surface area contributed by atoms with E-state index in [2.05, 4.69) is 6.92 Å². The minimum absolute atomic E-state index is 0.200. The molecular formula is C14H18O4. The normalized spacial score (nSPS) is 9.89. The number of ether oxygens (including phenoxy) is 2. The Morgan fingerprint density at radius 2 is 1.72 bits per heavy atom. The topological polar surface area (TPSA) is 52.6 Å². The molecule has 0 unspecified atom stereocenters. The first-order chi connectivity index (χ1) is 8.61. The minimum atomic E-state index is -0.540. The number of hydrogen-bond donors (Lipinski definition) is 0. The third-order valence-corrected chi connectivity index (χ3v) is 2.22. The zero-order valence-electron chi connectivity index (χ0n) is 10.8. The van der Waals surface area contributed by atoms with Crippen molar-refractivity contribution in [3.05, 3.63) is 24.3 Å². The van der Waals surface area contributed by atoms with Gasteiger partial charge >= 0.3 is 5.97 Å². The second kappa shape index (κ2) is 7.48. The zero-order valence-corrected chi connectivity index (χ0v) is 10.8. The Morgan fingerprint density at radius 1 is 1.11 bits per heavy atom. The number of esters is 1. The SMILES string of the molecule is CCCCOc1ccc(OC(=O)CC(C)=O)cc1. The average molecular weight is 250 g/mol. The molecule has 0 amide bonds. The van der Waals surface area contributed by atoms with Crippen LogP contribution in [-0.4, -0.2) is 18.4 Å². The lowest BCUT2D eigenvalue weighted by atomic mass is 10.3. The largest absolute Gasteiger partial charge is 0.494 e. The first-order valence-electron chi connectivity index (χ1n) is 6.04. The average Bonchev–Trinajstić information content (AvgIpc) is 2.30. The molecule has 4 nitrogen and oxygen atoms in total. The fourth-order valence-corrected chi connectivity index (χ4v) is 1.31. The van der Waals surface area contributed by atoms with Gasteiger partial charge in [0, 0.05) is 0 Å². The Hall–Kier alpha value is -1.84. The zero-order chi connectivity index (χ0) is 13.4. The molecule has 1 aromatic rings. The van der Waals surface area contributed by atoms with Crippen molar-refractivity contribution in [1.82, 2.24) is 0 Å². The molecule has 18 heavy (non-hydrogen) atoms. The van der Waals surface area contributed by atoms with Crippen LogP contribution in [0.4, 0.5) is 0 Å². The Kier molecular flexibility index (Phi) is 5.91. The van der Waals surface area contributed by atoms with Gasteiger partial charge in [0.2, 0.25) is 0 Å². The van der Waals surface area contributed by atoms with Crippen LogP contribution in [0.5, 0.6) is 11.5 Å². The summed E-state index contributed by atoms with van der Waals surface area (Å²) in [7, 11) is 0. The van der Waals surface area contributed by atoms with Crippen molar-refractivity contribution in [3.63, 3.8) is 0 Å². The molecular weight excluding hydrogens is 232 g/mol. The molecule has 1 aromatic carbocycles. The summed E-state index contributed by atoms with van der Waals surface area (Å²) in [6.07, 6.45) is 1.89. The maximum atomic E-state index is 11.2. The number of carbonyl (C=O) groups is 2. The van der Waals surface area contributed by atoms with Gasteiger partial charge in [-0.15, -0.1) is 0 Å². The van der Waals surface area contributed by atoms with Crippen molar-refractivity contribution in [3.8, 4) is 11.5 Å². The van der Waals surface area contributed by atoms with E-state index in [-0.39, 0.29) is 12.2 Å². The van der Waals surface area contributed by atoms with Crippen LogP contribution in [0.2, 0.25) is 0 Å². The first kappa shape index (κ1) is 14.2. The van der Waals surface area contributed by atoms with Gasteiger partial charge in [0.25, 0.3) is 0 Å². The van der Waals surface area contributed by atoms with Crippen LogP contribution >= 0.6 is 0 Å². The van der Waals surface area contributed by atoms with E-state index in [9.17, 15) is 9.59 Å². The molecule has 0 radical (unpaired) electrons. The molecule has 0 aliphatic heterocycles. The van der Waals surface area contributed by atoms with Gasteiger partial charge in [-0.3, -0.25) is 9.59 Å². The van der Waals surface area contributed by atoms with E-state index in [0.717, 1.165) is 18.6 Å². The van der Waals surface area contributed by atoms with Crippen molar-refractivity contribution in [2.24, 2.45) is 0 Å². The molecule has 0 aliphatic rings. The van der Waals surface area contributed by atoms with Crippen molar-refractivity contribution < 1.29 is 19.1 Å². The van der Waals surface area contributed by atoms with Crippen LogP contribution < -0.4 is 9.47 Å². The summed E-state index contributed by atoms with van der Waals surface area (Å²) >= 11 is 0. The fraction of sp³-hybridized carbons (Fsp3) is 0.429. The molecule has 0 saturated heterocycles. The standard InChI is InChI=1S/C14H18O4/c1-3-4-9-17-12-5-7-13(8-6-12)18-14(16)10-11(2)15/h5-8H,3-4,9-10H2,1-2H3. The molecule has 0 heterocycles. The molecule has 0 N–H and O–H groups in total. The van der Waals surface area contributed by atoms with E-state index in [4.69, 9.17) is 9.47 Å². The van der Waals surface area contributed by atoms with Gasteiger partial charge in [-0.1, -0.05) is 13.3 Å². The fourth-order valence-electron chi connectivity index (χ4n) is 1.31. The molecule has 1 rings (SSSR count). The van der Waals surface area contributed by atoms with Crippen LogP contribution in [0.3, 0.4) is 0 Å². The van der Waals surface area contributed by atoms with Crippen molar-refractivity contribution in [2.45, 2.75) is 33.1 Å². The first-order valence-corrected chi connectivity index (χ1v) is 6.04. The van der Waals surface area contributed by atoms with Gasteiger partial charge in [0.15, 0.2) is 0 Å². The van der Waals surface area contributed by atoms with E-state index >= 15 is 0 Å². The van der Waals surface area contributed by atoms with E-state index in [1.54, 1.807) is 24.3 Å². The molecule has 0 aliphatic carbocycles. The molecule has 0 aromatic heterocycles. The lowest BCUT2D eigenvalue weighted by Gasteiger charge is -2.06. The molecule has 98 valence electrons. The maximum Gasteiger partial charge on any atom is 0.318 e. The van der Waals surface area contributed by atoms with E-state index in [0.29, 0.717) is 12.4 Å². The van der Waals surface area contributed by atoms with Gasteiger partial charge in [0.1, 0.15) is 23.7 Å². The predicted octanol–water partition coefficient (Wildman–Crippen LogP) is 2.75. The molecule has 0 atom stereocenters. The maximum absolute atomic E-state index is 11.2. The van der Waals surface area contributed by atoms with Gasteiger partial charge in [0.05, 0.1) is 6.61 Å². The lowest BCUT2D eigenvalue weighted by Crippen LogP contribution is -2.11. The second-order valence-corrected chi connectivity index (χ2v) is 4.03. The van der Waals surface area contributed by atoms with Crippen molar-refractivity contribution >= 4 is 11.8 Å². The van der Waals surface area contributed by atoms with Gasteiger partial charge in [-0.2, -0.15) is 0 Å². The lowest BCUT2D eigenvalue weighted by molar-refractivity contribution is -0.137. The van der Waals surface area contributed by atoms with Gasteiger partial charge in [-0.05, 0) is 37.6 Å². The second-order valence-electron chi connectivity index (χ2n) is 4.03. The van der Waals surface area contributed by atoms with Crippen molar-refractivity contribution in [1.29, 1.82) is 0 Å². The number of rotatable bonds is 7. The highest BCUT2D eigenvalue weighted by Crippen LogP contribution is 2.18. The molecule has 0 bridgehead atoms. The van der Waals surface area contributed by atoms with Crippen LogP contribution in [-0.2, 0) is 9.59 Å². The molecule has 4 heteroatoms. The van der Waals surface area contributed by atoms with Gasteiger partial charge < -0.3 is 9.47 Å². The smallest absolute Gasteiger partial charge is 0.318 e. The number of carbonyl (C=O) groups excluding carboxylic acids is 2. The summed E-state index contributed by atoms with van der Waals surface area (Å²) in [4.78, 5) is 22.0. The Balaban J connectivity index is 2.44. The molecule has 0 saturated carbocycles. The number of hydrogen-bond acceptors (Lipinski definition) is 4. The van der Waals surface area contributed by atoms with Crippen molar-refractivity contribution in [2.75, 3.05) is 6.61 Å². The quantitative estimate of drug-likeness (QED) is 0.323. The van der Waals surface area contributed by atoms with Crippen LogP contribution in [0.25, 0.3) is 0 Å². The Morgan fingerprint density at radius 3 is 2.28 bits per heavy atom. The summed E-state index contributed by atoms with van der Waals surface area (Å²) in [5.41, 5.74) is 0. The van der Waals surface area contributed by atoms with E-state index < -0.39 is 5.97 Å². The molecule has 0 spiro atoms. The number of benzene rings is 1. The van der Waals surface area contributed by atoms with E-state index in [1.807, 2.05) is 0 Å². The number of ketones is 1. The minimum Gasteiger partial charge on any atom is -0.494 e. The van der Waals surface area contributed by atoms with E-state index in [1.165, 1.54) is 6.92 Å².